The number of benzene rings is 2. The van der Waals surface area contributed by atoms with Gasteiger partial charge in [-0.05, 0) is 62.8 Å². The highest BCUT2D eigenvalue weighted by Crippen LogP contribution is 2.35. The summed E-state index contributed by atoms with van der Waals surface area (Å²) in [5, 5.41) is 23.7. The molecule has 2 aromatic rings. The summed E-state index contributed by atoms with van der Waals surface area (Å²) in [5.41, 5.74) is 6.78. The van der Waals surface area contributed by atoms with Crippen molar-refractivity contribution in [1.29, 1.82) is 10.7 Å². The Morgan fingerprint density at radius 1 is 1.02 bits per heavy atom. The van der Waals surface area contributed by atoms with Crippen molar-refractivity contribution >= 4 is 58.2 Å². The van der Waals surface area contributed by atoms with Gasteiger partial charge in [0, 0.05) is 41.3 Å². The van der Waals surface area contributed by atoms with Gasteiger partial charge >= 0.3 is 0 Å². The van der Waals surface area contributed by atoms with Crippen molar-refractivity contribution in [2.75, 3.05) is 16.9 Å². The number of halogens is 2. The van der Waals surface area contributed by atoms with E-state index in [1.165, 1.54) is 39.0 Å². The van der Waals surface area contributed by atoms with Crippen LogP contribution in [0.2, 0.25) is 0 Å². The minimum Gasteiger partial charge on any atom is -0.439 e. The number of rotatable bonds is 8. The minimum atomic E-state index is -0.778. The Labute approximate surface area is 310 Å². The first-order chi connectivity index (χ1) is 25.2. The average Bonchev–Trinajstić information content (AvgIpc) is 3.08. The number of hydrazone groups is 1. The van der Waals surface area contributed by atoms with Gasteiger partial charge in [-0.1, -0.05) is 27.7 Å². The highest BCUT2D eigenvalue weighted by molar-refractivity contribution is 6.50. The highest BCUT2D eigenvalue weighted by atomic mass is 19.1. The maximum absolute atomic E-state index is 15.1. The molecule has 2 aromatic carbocycles. The van der Waals surface area contributed by atoms with E-state index in [2.05, 4.69) is 15.4 Å². The van der Waals surface area contributed by atoms with E-state index < -0.39 is 41.4 Å². The fraction of sp³-hybridized carbons (Fsp3) is 0.342. The first-order valence-corrected chi connectivity index (χ1v) is 16.6. The van der Waals surface area contributed by atoms with Gasteiger partial charge in [0.1, 0.15) is 29.8 Å². The van der Waals surface area contributed by atoms with E-state index in [1.807, 2.05) is 13.8 Å². The molecule has 4 N–H and O–H groups in total. The van der Waals surface area contributed by atoms with Gasteiger partial charge in [-0.2, -0.15) is 10.3 Å². The Kier molecular flexibility index (Phi) is 13.6. The van der Waals surface area contributed by atoms with Crippen LogP contribution in [0.15, 0.2) is 45.5 Å². The molecule has 0 atom stereocenters. The number of amides is 3. The number of hydrogen-bond acceptors (Lipinski definition) is 11. The van der Waals surface area contributed by atoms with E-state index in [4.69, 9.17) is 25.9 Å². The summed E-state index contributed by atoms with van der Waals surface area (Å²) in [7, 11) is 0. The van der Waals surface area contributed by atoms with E-state index in [1.54, 1.807) is 39.8 Å². The zero-order chi connectivity index (χ0) is 40.8. The Balaban J connectivity index is 0.000000299. The number of nitrogens with zero attached hydrogens (tertiary/aromatic N) is 4. The third-order valence-electron chi connectivity index (χ3n) is 8.10. The van der Waals surface area contributed by atoms with Gasteiger partial charge in [-0.15, -0.1) is 5.10 Å². The maximum atomic E-state index is 15.1. The van der Waals surface area contributed by atoms with Crippen LogP contribution in [0.5, 0.6) is 11.5 Å². The zero-order valence-corrected chi connectivity index (χ0v) is 31.4. The van der Waals surface area contributed by atoms with Gasteiger partial charge in [-0.25, -0.2) is 13.8 Å². The molecular formula is C38H41F2N7O7. The predicted molar refractivity (Wildman–Crippen MR) is 198 cm³/mol. The van der Waals surface area contributed by atoms with Gasteiger partial charge in [0.25, 0.3) is 5.91 Å². The summed E-state index contributed by atoms with van der Waals surface area (Å²) in [6.07, 6.45) is 2.21. The standard InChI is InChI=1S/C21H19FN4O4.C17H22FN3O3/c1-10(2)13-6-18(24-9-17(13)28)30-21-11(3)5-15(20(22)12(21)4)26-19(29)7-16(27)14(8-23)25-26;1-8(2)12(17(20)23)7-14(19)24-16-9(3)6-13(21-11(5)22)15(18)10(16)4/h5-6,10H,7,9H2,1-4H3;6-8,19H,1-5H3,(H2,20,23)(H,21,22)/b;12-7-,19-14?. The summed E-state index contributed by atoms with van der Waals surface area (Å²) < 4.78 is 40.6. The number of hydrogen-bond donors (Lipinski definition) is 3. The van der Waals surface area contributed by atoms with Crippen LogP contribution in [-0.2, 0) is 24.0 Å². The maximum Gasteiger partial charge on any atom is 0.255 e. The molecule has 0 fully saturated rings. The second kappa shape index (κ2) is 17.4. The molecule has 0 saturated carbocycles. The normalized spacial score (nSPS) is 14.4. The third kappa shape index (κ3) is 9.73. The van der Waals surface area contributed by atoms with Crippen LogP contribution in [0.4, 0.5) is 20.2 Å². The van der Waals surface area contributed by atoms with E-state index in [0.29, 0.717) is 16.7 Å². The second-order valence-corrected chi connectivity index (χ2v) is 13.1. The number of aliphatic imine (C=N–C) groups is 1. The number of dihydropyridines is 1. The molecular weight excluding hydrogens is 704 g/mol. The van der Waals surface area contributed by atoms with Crippen molar-refractivity contribution < 1.29 is 42.2 Å². The topological polar surface area (TPSA) is 217 Å². The lowest BCUT2D eigenvalue weighted by Crippen LogP contribution is -2.37. The number of carbonyl (C=O) groups is 5. The number of ketones is 2. The summed E-state index contributed by atoms with van der Waals surface area (Å²) in [6, 6.07) is 4.39. The molecule has 0 aliphatic carbocycles. The lowest BCUT2D eigenvalue weighted by Gasteiger charge is -2.24. The summed E-state index contributed by atoms with van der Waals surface area (Å²) in [5.74, 6) is -3.91. The van der Waals surface area contributed by atoms with Crippen molar-refractivity contribution in [1.82, 2.24) is 0 Å². The first-order valence-electron chi connectivity index (χ1n) is 16.6. The number of anilines is 2. The van der Waals surface area contributed by atoms with Crippen LogP contribution < -0.4 is 25.5 Å². The molecule has 54 heavy (non-hydrogen) atoms. The number of primary amides is 1. The summed E-state index contributed by atoms with van der Waals surface area (Å²) in [4.78, 5) is 62.4. The molecule has 0 spiro atoms. The van der Waals surface area contributed by atoms with Crippen LogP contribution in [0.1, 0.15) is 63.3 Å². The molecule has 0 saturated heterocycles. The Bertz CT molecular complexity index is 2130. The monoisotopic (exact) mass is 745 g/mol. The molecule has 3 amide bonds. The van der Waals surface area contributed by atoms with Crippen LogP contribution >= 0.6 is 0 Å². The molecule has 2 aliphatic heterocycles. The number of aryl methyl sites for hydroxylation is 2. The largest absolute Gasteiger partial charge is 0.439 e. The SMILES string of the molecule is CC(=O)Nc1cc(C)c(OC(=N)/C=C(\C(N)=O)C(C)C)c(C)c1F.Cc1cc(N2N=C(C#N)C(=O)CC2=O)c(F)c(C)c1OC1=NCC(=O)C(C(C)C)=C1. The average molecular weight is 746 g/mol. The van der Waals surface area contributed by atoms with Gasteiger partial charge in [0.2, 0.25) is 35.1 Å². The molecule has 2 aliphatic rings. The van der Waals surface area contributed by atoms with Gasteiger partial charge in [-0.3, -0.25) is 29.4 Å². The smallest absolute Gasteiger partial charge is 0.255 e. The van der Waals surface area contributed by atoms with Crippen molar-refractivity contribution in [3.63, 3.8) is 0 Å². The summed E-state index contributed by atoms with van der Waals surface area (Å²) >= 11 is 0. The molecule has 14 nitrogen and oxygen atoms in total. The lowest BCUT2D eigenvalue weighted by atomic mass is 9.97. The van der Waals surface area contributed by atoms with Crippen LogP contribution in [0.3, 0.4) is 0 Å². The van der Waals surface area contributed by atoms with Crippen molar-refractivity contribution in [2.24, 2.45) is 27.7 Å². The van der Waals surface area contributed by atoms with Gasteiger partial charge < -0.3 is 20.5 Å². The number of nitrogens with one attached hydrogen (secondary N) is 2. The lowest BCUT2D eigenvalue weighted by molar-refractivity contribution is -0.124. The van der Waals surface area contributed by atoms with Gasteiger partial charge in [0.15, 0.2) is 17.4 Å². The Hall–Kier alpha value is -6.37. The molecule has 0 aromatic heterocycles. The van der Waals surface area contributed by atoms with E-state index >= 15 is 4.39 Å². The van der Waals surface area contributed by atoms with Crippen molar-refractivity contribution in [3.8, 4) is 17.6 Å². The molecule has 284 valence electrons. The van der Waals surface area contributed by atoms with E-state index in [9.17, 15) is 28.4 Å². The number of ether oxygens (including phenoxy) is 2. The molecule has 0 bridgehead atoms. The van der Waals surface area contributed by atoms with Crippen molar-refractivity contribution in [2.45, 2.75) is 68.7 Å². The Morgan fingerprint density at radius 2 is 1.63 bits per heavy atom. The zero-order valence-electron chi connectivity index (χ0n) is 31.4. The molecule has 0 radical (unpaired) electrons. The number of nitrogens with two attached hydrogens (primary N) is 1. The molecule has 0 unspecified atom stereocenters. The quantitative estimate of drug-likeness (QED) is 0.137. The fourth-order valence-electron chi connectivity index (χ4n) is 5.35. The predicted octanol–water partition coefficient (Wildman–Crippen LogP) is 5.40. The van der Waals surface area contributed by atoms with E-state index in [-0.39, 0.29) is 81.4 Å². The molecule has 2 heterocycles. The Morgan fingerprint density at radius 3 is 2.19 bits per heavy atom. The van der Waals surface area contributed by atoms with E-state index in [0.717, 1.165) is 5.01 Å². The number of Topliss-reactive ketones (excluding diaryl/α,β-unsaturated/α-hetero) is 2. The highest BCUT2D eigenvalue weighted by Gasteiger charge is 2.32. The number of nitriles is 1. The molecule has 4 rings (SSSR count). The fourth-order valence-corrected chi connectivity index (χ4v) is 5.35. The second-order valence-electron chi connectivity index (χ2n) is 13.1. The van der Waals surface area contributed by atoms with Crippen LogP contribution in [-0.4, -0.2) is 53.3 Å². The van der Waals surface area contributed by atoms with Crippen LogP contribution in [0, 0.1) is 67.9 Å². The van der Waals surface area contributed by atoms with Crippen LogP contribution in [0.25, 0.3) is 0 Å². The van der Waals surface area contributed by atoms with Crippen molar-refractivity contribution in [3.05, 3.63) is 69.3 Å². The minimum absolute atomic E-state index is 0.00655. The summed E-state index contributed by atoms with van der Waals surface area (Å²) in [6.45, 7) is 14.8. The van der Waals surface area contributed by atoms with Gasteiger partial charge in [0.05, 0.1) is 12.1 Å². The number of carbonyl (C=O) groups excluding carboxylic acids is 5. The first kappa shape index (κ1) is 42.0. The third-order valence-corrected chi connectivity index (χ3v) is 8.10. The molecule has 16 heteroatoms.